The third-order valence-corrected chi connectivity index (χ3v) is 3.34. The normalized spacial score (nSPS) is 10.5. The van der Waals surface area contributed by atoms with Gasteiger partial charge in [0.25, 0.3) is 11.4 Å². The second-order valence-electron chi connectivity index (χ2n) is 4.38. The lowest BCUT2D eigenvalue weighted by Crippen LogP contribution is -2.06. The zero-order valence-electron chi connectivity index (χ0n) is 11.8. The summed E-state index contributed by atoms with van der Waals surface area (Å²) in [5.74, 6) is -1.09. The molecule has 0 fully saturated rings. The van der Waals surface area contributed by atoms with Crippen molar-refractivity contribution < 1.29 is 19.5 Å². The summed E-state index contributed by atoms with van der Waals surface area (Å²) in [6, 6.07) is 9.53. The lowest BCUT2D eigenvalue weighted by Gasteiger charge is -2.00. The van der Waals surface area contributed by atoms with Crippen molar-refractivity contribution in [2.24, 2.45) is 5.16 Å². The van der Waals surface area contributed by atoms with Crippen LogP contribution in [0.3, 0.4) is 0 Å². The Kier molecular flexibility index (Phi) is 5.32. The van der Waals surface area contributed by atoms with Gasteiger partial charge in [-0.05, 0) is 23.8 Å². The van der Waals surface area contributed by atoms with E-state index in [1.807, 2.05) is 0 Å². The van der Waals surface area contributed by atoms with E-state index in [9.17, 15) is 25.0 Å². The summed E-state index contributed by atoms with van der Waals surface area (Å²) in [5.41, 5.74) is -1.02. The van der Waals surface area contributed by atoms with Crippen LogP contribution in [-0.4, -0.2) is 22.0 Å². The Balaban J connectivity index is 2.18. The molecule has 0 aromatic heterocycles. The molecule has 2 aromatic carbocycles. The summed E-state index contributed by atoms with van der Waals surface area (Å²) < 4.78 is 0.859. The van der Waals surface area contributed by atoms with Gasteiger partial charge in [0.15, 0.2) is 0 Å². The predicted octanol–water partition coefficient (Wildman–Crippen LogP) is 3.46. The first kappa shape index (κ1) is 17.2. The van der Waals surface area contributed by atoms with Crippen LogP contribution in [0.15, 0.2) is 52.1 Å². The maximum Gasteiger partial charge on any atom is 0.372 e. The molecule has 0 N–H and O–H groups in total. The molecular formula is C14H8BrN3O6. The quantitative estimate of drug-likeness (QED) is 0.331. The lowest BCUT2D eigenvalue weighted by atomic mass is 10.1. The highest BCUT2D eigenvalue weighted by atomic mass is 79.9. The lowest BCUT2D eigenvalue weighted by molar-refractivity contribution is -0.394. The fourth-order valence-electron chi connectivity index (χ4n) is 1.69. The number of benzene rings is 2. The number of hydrogen-bond acceptors (Lipinski definition) is 7. The number of oxime groups is 1. The van der Waals surface area contributed by atoms with Crippen LogP contribution in [0, 0.1) is 20.2 Å². The Morgan fingerprint density at radius 3 is 2.33 bits per heavy atom. The van der Waals surface area contributed by atoms with Gasteiger partial charge in [0.05, 0.1) is 22.1 Å². The van der Waals surface area contributed by atoms with Crippen molar-refractivity contribution in [3.63, 3.8) is 0 Å². The first-order valence-electron chi connectivity index (χ1n) is 6.31. The number of nitrogens with zero attached hydrogens (tertiary/aromatic N) is 3. The minimum Gasteiger partial charge on any atom is -0.313 e. The van der Waals surface area contributed by atoms with Gasteiger partial charge in [-0.1, -0.05) is 33.2 Å². The molecule has 0 aliphatic heterocycles. The topological polar surface area (TPSA) is 125 Å². The number of nitro groups is 2. The first-order chi connectivity index (χ1) is 11.4. The molecule has 10 heteroatoms. The number of carbonyl (C=O) groups excluding carboxylic acids is 1. The molecule has 0 amide bonds. The van der Waals surface area contributed by atoms with E-state index < -0.39 is 32.8 Å². The molecule has 0 atom stereocenters. The van der Waals surface area contributed by atoms with Gasteiger partial charge in [-0.25, -0.2) is 4.79 Å². The Morgan fingerprint density at radius 2 is 1.75 bits per heavy atom. The number of nitro benzene ring substituents is 2. The molecule has 2 aromatic rings. The summed E-state index contributed by atoms with van der Waals surface area (Å²) >= 11 is 3.26. The van der Waals surface area contributed by atoms with Gasteiger partial charge in [-0.15, -0.1) is 0 Å². The maximum atomic E-state index is 11.9. The molecule has 9 nitrogen and oxygen atoms in total. The summed E-state index contributed by atoms with van der Waals surface area (Å²) in [4.78, 5) is 36.4. The second-order valence-corrected chi connectivity index (χ2v) is 5.30. The van der Waals surface area contributed by atoms with Gasteiger partial charge in [0.1, 0.15) is 5.56 Å². The van der Waals surface area contributed by atoms with Gasteiger partial charge < -0.3 is 4.84 Å². The van der Waals surface area contributed by atoms with Crippen molar-refractivity contribution in [1.29, 1.82) is 0 Å². The Hall–Kier alpha value is -3.14. The van der Waals surface area contributed by atoms with Crippen LogP contribution in [0.2, 0.25) is 0 Å². The van der Waals surface area contributed by atoms with Crippen LogP contribution in [0.25, 0.3) is 0 Å². The fraction of sp³-hybridized carbons (Fsp3) is 0. The molecular weight excluding hydrogens is 386 g/mol. The van der Waals surface area contributed by atoms with E-state index in [0.29, 0.717) is 11.6 Å². The highest BCUT2D eigenvalue weighted by molar-refractivity contribution is 9.10. The second kappa shape index (κ2) is 7.42. The van der Waals surface area contributed by atoms with Crippen molar-refractivity contribution in [3.05, 3.63) is 78.3 Å². The van der Waals surface area contributed by atoms with Crippen molar-refractivity contribution in [2.75, 3.05) is 0 Å². The number of hydrogen-bond donors (Lipinski definition) is 0. The molecule has 0 aliphatic carbocycles. The monoisotopic (exact) mass is 393 g/mol. The van der Waals surface area contributed by atoms with Crippen LogP contribution >= 0.6 is 15.9 Å². The van der Waals surface area contributed by atoms with Crippen LogP contribution in [-0.2, 0) is 4.84 Å². The number of non-ortho nitro benzene ring substituents is 1. The average molecular weight is 394 g/mol. The standard InChI is InChI=1S/C14H8BrN3O6/c15-10-3-1-9(2-4-10)8-16-24-14(19)12-6-5-11(17(20)21)7-13(12)18(22)23/h1-8H/b16-8+. The van der Waals surface area contributed by atoms with Gasteiger partial charge in [0.2, 0.25) is 0 Å². The van der Waals surface area contributed by atoms with Crippen molar-refractivity contribution >= 4 is 39.5 Å². The Labute approximate surface area is 143 Å². The molecule has 0 radical (unpaired) electrons. The Bertz CT molecular complexity index is 835. The largest absolute Gasteiger partial charge is 0.372 e. The van der Waals surface area contributed by atoms with Crippen LogP contribution in [0.5, 0.6) is 0 Å². The predicted molar refractivity (Wildman–Crippen MR) is 86.9 cm³/mol. The SMILES string of the molecule is O=C(O/N=C/c1ccc(Br)cc1)c1ccc([N+](=O)[O-])cc1[N+](=O)[O-]. The minimum atomic E-state index is -1.09. The summed E-state index contributed by atoms with van der Waals surface area (Å²) in [6.45, 7) is 0. The maximum absolute atomic E-state index is 11.9. The Morgan fingerprint density at radius 1 is 1.08 bits per heavy atom. The van der Waals surface area contributed by atoms with E-state index >= 15 is 0 Å². The number of rotatable bonds is 5. The van der Waals surface area contributed by atoms with E-state index in [0.717, 1.165) is 16.6 Å². The number of halogens is 1. The average Bonchev–Trinajstić information content (AvgIpc) is 2.55. The molecule has 0 saturated carbocycles. The third kappa shape index (κ3) is 4.20. The van der Waals surface area contributed by atoms with E-state index in [1.54, 1.807) is 24.3 Å². The van der Waals surface area contributed by atoms with Crippen LogP contribution < -0.4 is 0 Å². The van der Waals surface area contributed by atoms with E-state index in [1.165, 1.54) is 6.21 Å². The van der Waals surface area contributed by atoms with E-state index in [4.69, 9.17) is 0 Å². The smallest absolute Gasteiger partial charge is 0.313 e. The van der Waals surface area contributed by atoms with Crippen LogP contribution in [0.1, 0.15) is 15.9 Å². The molecule has 0 aliphatic rings. The summed E-state index contributed by atoms with van der Waals surface area (Å²) in [6.07, 6.45) is 1.25. The molecule has 24 heavy (non-hydrogen) atoms. The van der Waals surface area contributed by atoms with Crippen molar-refractivity contribution in [1.82, 2.24) is 0 Å². The van der Waals surface area contributed by atoms with E-state index in [-0.39, 0.29) is 0 Å². The zero-order chi connectivity index (χ0) is 17.7. The van der Waals surface area contributed by atoms with E-state index in [2.05, 4.69) is 25.9 Å². The molecule has 0 heterocycles. The molecule has 0 unspecified atom stereocenters. The van der Waals surface area contributed by atoms with Gasteiger partial charge in [-0.3, -0.25) is 20.2 Å². The number of carbonyl (C=O) groups is 1. The van der Waals surface area contributed by atoms with Gasteiger partial charge in [-0.2, -0.15) is 0 Å². The molecule has 122 valence electrons. The molecule has 0 spiro atoms. The highest BCUT2D eigenvalue weighted by Gasteiger charge is 2.25. The van der Waals surface area contributed by atoms with Crippen molar-refractivity contribution in [2.45, 2.75) is 0 Å². The zero-order valence-corrected chi connectivity index (χ0v) is 13.4. The van der Waals surface area contributed by atoms with Crippen LogP contribution in [0.4, 0.5) is 11.4 Å². The first-order valence-corrected chi connectivity index (χ1v) is 7.11. The van der Waals surface area contributed by atoms with Gasteiger partial charge in [0, 0.05) is 10.5 Å². The third-order valence-electron chi connectivity index (χ3n) is 2.82. The summed E-state index contributed by atoms with van der Waals surface area (Å²) in [7, 11) is 0. The van der Waals surface area contributed by atoms with Crippen molar-refractivity contribution in [3.8, 4) is 0 Å². The molecule has 0 bridgehead atoms. The minimum absolute atomic E-state index is 0.432. The molecule has 0 saturated heterocycles. The highest BCUT2D eigenvalue weighted by Crippen LogP contribution is 2.25. The van der Waals surface area contributed by atoms with Gasteiger partial charge >= 0.3 is 5.97 Å². The molecule has 2 rings (SSSR count). The fourth-order valence-corrected chi connectivity index (χ4v) is 1.95. The summed E-state index contributed by atoms with van der Waals surface area (Å²) in [5, 5.41) is 25.1.